The van der Waals surface area contributed by atoms with Crippen molar-refractivity contribution < 1.29 is 4.79 Å². The number of hydrogen-bond acceptors (Lipinski definition) is 3. The molecule has 0 atom stereocenters. The molecule has 0 spiro atoms. The molecule has 2 rings (SSSR count). The summed E-state index contributed by atoms with van der Waals surface area (Å²) in [4.78, 5) is 18.5. The maximum atomic E-state index is 12.2. The van der Waals surface area contributed by atoms with Gasteiger partial charge in [0.25, 0.3) is 0 Å². The Morgan fingerprint density at radius 2 is 1.81 bits per heavy atom. The maximum Gasteiger partial charge on any atom is 0.164 e. The number of ketones is 1. The number of Topliss-reactive ketones (excluding diaryl/α,β-unsaturated/α-hetero) is 1. The van der Waals surface area contributed by atoms with Gasteiger partial charge < -0.3 is 0 Å². The van der Waals surface area contributed by atoms with Crippen molar-refractivity contribution in [3.63, 3.8) is 0 Å². The van der Waals surface area contributed by atoms with Crippen molar-refractivity contribution in [1.82, 2.24) is 9.88 Å². The molecular weight excluding hydrogens is 328 g/mol. The highest BCUT2D eigenvalue weighted by Gasteiger charge is 2.09. The zero-order valence-corrected chi connectivity index (χ0v) is 13.7. The van der Waals surface area contributed by atoms with Crippen LogP contribution in [-0.2, 0) is 6.54 Å². The third-order valence-electron chi connectivity index (χ3n) is 3.42. The van der Waals surface area contributed by atoms with E-state index in [1.165, 1.54) is 5.56 Å². The van der Waals surface area contributed by atoms with E-state index in [4.69, 9.17) is 0 Å². The smallest absolute Gasteiger partial charge is 0.164 e. The summed E-state index contributed by atoms with van der Waals surface area (Å²) < 4.78 is 0.993. The van der Waals surface area contributed by atoms with Gasteiger partial charge in [-0.1, -0.05) is 35.0 Å². The molecule has 1 heterocycles. The Hall–Kier alpha value is -1.52. The second-order valence-corrected chi connectivity index (χ2v) is 5.82. The van der Waals surface area contributed by atoms with Crippen LogP contribution >= 0.6 is 15.9 Å². The molecule has 110 valence electrons. The first-order chi connectivity index (χ1) is 10.2. The average Bonchev–Trinajstić information content (AvgIpc) is 2.52. The Kier molecular flexibility index (Phi) is 6.08. The largest absolute Gasteiger partial charge is 0.299 e. The van der Waals surface area contributed by atoms with Crippen LogP contribution in [0.15, 0.2) is 53.3 Å². The minimum absolute atomic E-state index is 0.190. The predicted molar refractivity (Wildman–Crippen MR) is 88.3 cm³/mol. The lowest BCUT2D eigenvalue weighted by Crippen LogP contribution is -2.25. The van der Waals surface area contributed by atoms with Gasteiger partial charge in [0.2, 0.25) is 0 Å². The minimum atomic E-state index is 0.190. The van der Waals surface area contributed by atoms with Gasteiger partial charge in [0, 0.05) is 41.9 Å². The van der Waals surface area contributed by atoms with Crippen molar-refractivity contribution >= 4 is 21.7 Å². The van der Waals surface area contributed by atoms with Gasteiger partial charge in [0.05, 0.1) is 0 Å². The van der Waals surface area contributed by atoms with Gasteiger partial charge in [-0.15, -0.1) is 0 Å². The van der Waals surface area contributed by atoms with Crippen LogP contribution < -0.4 is 0 Å². The van der Waals surface area contributed by atoms with E-state index in [1.54, 1.807) is 12.4 Å². The number of rotatable bonds is 7. The summed E-state index contributed by atoms with van der Waals surface area (Å²) >= 11 is 3.38. The highest BCUT2D eigenvalue weighted by molar-refractivity contribution is 9.10. The second-order valence-electron chi connectivity index (χ2n) is 4.90. The number of halogens is 1. The first-order valence-electron chi connectivity index (χ1n) is 7.09. The topological polar surface area (TPSA) is 33.2 Å². The summed E-state index contributed by atoms with van der Waals surface area (Å²) in [5.74, 6) is 0.190. The SMILES string of the molecule is CCN(CCC(=O)c1ccc(Br)cc1)Cc1ccncc1. The molecule has 0 aliphatic rings. The van der Waals surface area contributed by atoms with Crippen LogP contribution in [0, 0.1) is 0 Å². The van der Waals surface area contributed by atoms with Gasteiger partial charge in [-0.05, 0) is 36.4 Å². The highest BCUT2D eigenvalue weighted by Crippen LogP contribution is 2.12. The lowest BCUT2D eigenvalue weighted by Gasteiger charge is -2.20. The Balaban J connectivity index is 1.88. The summed E-state index contributed by atoms with van der Waals surface area (Å²) in [5.41, 5.74) is 2.00. The van der Waals surface area contributed by atoms with Crippen molar-refractivity contribution in [2.75, 3.05) is 13.1 Å². The first kappa shape index (κ1) is 15.9. The van der Waals surface area contributed by atoms with Crippen LogP contribution in [0.3, 0.4) is 0 Å². The average molecular weight is 347 g/mol. The summed E-state index contributed by atoms with van der Waals surface area (Å²) in [6, 6.07) is 11.6. The van der Waals surface area contributed by atoms with Gasteiger partial charge in [-0.3, -0.25) is 14.7 Å². The third-order valence-corrected chi connectivity index (χ3v) is 3.95. The van der Waals surface area contributed by atoms with Crippen LogP contribution in [0.2, 0.25) is 0 Å². The monoisotopic (exact) mass is 346 g/mol. The molecule has 0 saturated carbocycles. The van der Waals surface area contributed by atoms with E-state index in [0.29, 0.717) is 6.42 Å². The quantitative estimate of drug-likeness (QED) is 0.712. The van der Waals surface area contributed by atoms with Crippen molar-refractivity contribution in [2.24, 2.45) is 0 Å². The fraction of sp³-hybridized carbons (Fsp3) is 0.294. The van der Waals surface area contributed by atoms with Crippen molar-refractivity contribution in [2.45, 2.75) is 19.9 Å². The summed E-state index contributed by atoms with van der Waals surface area (Å²) in [5, 5.41) is 0. The molecule has 2 aromatic rings. The molecule has 1 aromatic carbocycles. The summed E-state index contributed by atoms with van der Waals surface area (Å²) in [6.45, 7) is 4.67. The molecule has 0 bridgehead atoms. The van der Waals surface area contributed by atoms with E-state index >= 15 is 0 Å². The van der Waals surface area contributed by atoms with E-state index in [9.17, 15) is 4.79 Å². The van der Waals surface area contributed by atoms with Crippen LogP contribution in [-0.4, -0.2) is 28.8 Å². The van der Waals surface area contributed by atoms with Gasteiger partial charge in [-0.25, -0.2) is 0 Å². The molecule has 4 heteroatoms. The Bertz CT molecular complexity index is 569. The minimum Gasteiger partial charge on any atom is -0.299 e. The standard InChI is InChI=1S/C17H19BrN2O/c1-2-20(13-14-7-10-19-11-8-14)12-9-17(21)15-3-5-16(18)6-4-15/h3-8,10-11H,2,9,12-13H2,1H3. The molecule has 0 radical (unpaired) electrons. The molecule has 21 heavy (non-hydrogen) atoms. The van der Waals surface area contributed by atoms with E-state index in [2.05, 4.69) is 32.7 Å². The fourth-order valence-corrected chi connectivity index (χ4v) is 2.40. The molecule has 3 nitrogen and oxygen atoms in total. The van der Waals surface area contributed by atoms with Crippen LogP contribution in [0.4, 0.5) is 0 Å². The number of carbonyl (C=O) groups excluding carboxylic acids is 1. The van der Waals surface area contributed by atoms with Crippen LogP contribution in [0.1, 0.15) is 29.3 Å². The lowest BCUT2D eigenvalue weighted by atomic mass is 10.1. The van der Waals surface area contributed by atoms with Gasteiger partial charge >= 0.3 is 0 Å². The normalized spacial score (nSPS) is 10.8. The number of hydrogen-bond donors (Lipinski definition) is 0. The second kappa shape index (κ2) is 8.05. The molecule has 0 saturated heterocycles. The van der Waals surface area contributed by atoms with Crippen molar-refractivity contribution in [1.29, 1.82) is 0 Å². The van der Waals surface area contributed by atoms with Gasteiger partial charge in [-0.2, -0.15) is 0 Å². The molecule has 0 fully saturated rings. The molecular formula is C17H19BrN2O. The van der Waals surface area contributed by atoms with Crippen molar-refractivity contribution in [3.8, 4) is 0 Å². The van der Waals surface area contributed by atoms with E-state index < -0.39 is 0 Å². The third kappa shape index (κ3) is 5.06. The molecule has 0 unspecified atom stereocenters. The first-order valence-corrected chi connectivity index (χ1v) is 7.88. The number of benzene rings is 1. The fourth-order valence-electron chi connectivity index (χ4n) is 2.14. The number of carbonyl (C=O) groups is 1. The number of nitrogens with zero attached hydrogens (tertiary/aromatic N) is 2. The Labute approximate surface area is 134 Å². The maximum absolute atomic E-state index is 12.2. The lowest BCUT2D eigenvalue weighted by molar-refractivity contribution is 0.0963. The Morgan fingerprint density at radius 3 is 2.43 bits per heavy atom. The van der Waals surface area contributed by atoms with Crippen molar-refractivity contribution in [3.05, 3.63) is 64.4 Å². The Morgan fingerprint density at radius 1 is 1.14 bits per heavy atom. The van der Waals surface area contributed by atoms with E-state index in [-0.39, 0.29) is 5.78 Å². The zero-order valence-electron chi connectivity index (χ0n) is 12.1. The number of pyridine rings is 1. The molecule has 1 aromatic heterocycles. The molecule has 0 aliphatic heterocycles. The molecule has 0 amide bonds. The predicted octanol–water partition coefficient (Wildman–Crippen LogP) is 3.94. The number of aromatic nitrogens is 1. The molecule has 0 N–H and O–H groups in total. The van der Waals surface area contributed by atoms with Crippen LogP contribution in [0.25, 0.3) is 0 Å². The molecule has 0 aliphatic carbocycles. The zero-order chi connectivity index (χ0) is 15.1. The van der Waals surface area contributed by atoms with E-state index in [1.807, 2.05) is 36.4 Å². The summed E-state index contributed by atoms with van der Waals surface area (Å²) in [6.07, 6.45) is 4.15. The highest BCUT2D eigenvalue weighted by atomic mass is 79.9. The van der Waals surface area contributed by atoms with Gasteiger partial charge in [0.1, 0.15) is 0 Å². The van der Waals surface area contributed by atoms with Crippen LogP contribution in [0.5, 0.6) is 0 Å². The van der Waals surface area contributed by atoms with E-state index in [0.717, 1.165) is 29.7 Å². The van der Waals surface area contributed by atoms with Gasteiger partial charge in [0.15, 0.2) is 5.78 Å². The summed E-state index contributed by atoms with van der Waals surface area (Å²) in [7, 11) is 0.